The first kappa shape index (κ1) is 104. The number of aromatic hydroxyl groups is 1. The van der Waals surface area contributed by atoms with Crippen LogP contribution in [0.15, 0.2) is 134 Å². The van der Waals surface area contributed by atoms with E-state index in [9.17, 15) is 63.2 Å². The summed E-state index contributed by atoms with van der Waals surface area (Å²) < 4.78 is 29.8. The van der Waals surface area contributed by atoms with E-state index in [0.717, 1.165) is 42.7 Å². The molecule has 0 radical (unpaired) electrons. The zero-order valence-electron chi connectivity index (χ0n) is 75.1. The number of aromatic nitrogens is 1. The molecule has 0 saturated carbocycles. The number of aliphatic hydroxyl groups is 2. The largest absolute Gasteiger partial charge is 0.508 e. The smallest absolute Gasteiger partial charge is 0.305 e. The second-order valence-electron chi connectivity index (χ2n) is 34.0. The average molecular weight is 1880 g/mol. The molecule has 4 heterocycles. The molecule has 0 bridgehead atoms. The number of aromatic amines is 1. The molecule has 15 atom stereocenters. The molecule has 0 unspecified atom stereocenters. The van der Waals surface area contributed by atoms with Crippen LogP contribution in [0.5, 0.6) is 5.75 Å². The molecule has 0 spiro atoms. The minimum atomic E-state index is -2.05. The molecule has 42 heteroatoms. The Balaban J connectivity index is 1.14. The molecule has 20 N–H and O–H groups in total. The van der Waals surface area contributed by atoms with Crippen LogP contribution in [-0.4, -0.2) is 300 Å². The van der Waals surface area contributed by atoms with Gasteiger partial charge in [0.15, 0.2) is 11.6 Å². The number of carboxylic acid groups (broad SMARTS) is 1. The number of nitrogens with two attached hydrogens (primary N) is 3. The third kappa shape index (κ3) is 29.0. The van der Waals surface area contributed by atoms with Gasteiger partial charge in [0.05, 0.1) is 30.9 Å². The van der Waals surface area contributed by atoms with Crippen molar-refractivity contribution in [1.29, 1.82) is 0 Å². The number of hydrogen-bond acceptors (Lipinski definition) is 22. The number of aliphatic carboxylic acids is 1. The van der Waals surface area contributed by atoms with Crippen molar-refractivity contribution in [3.05, 3.63) is 173 Å². The molecule has 3 fully saturated rings. The summed E-state index contributed by atoms with van der Waals surface area (Å²) in [6.45, 7) is 2.78. The van der Waals surface area contributed by atoms with Gasteiger partial charge in [0.25, 0.3) is 0 Å². The zero-order valence-corrected chi connectivity index (χ0v) is 76.0. The number of phenolic OH excluding ortho intramolecular Hbond substituents is 1. The first-order valence-electron chi connectivity index (χ1n) is 44.1. The minimum absolute atomic E-state index is 0.0180. The first-order valence-corrected chi connectivity index (χ1v) is 45.3. The number of nitrogens with zero attached hydrogens (tertiary/aromatic N) is 5. The van der Waals surface area contributed by atoms with Gasteiger partial charge in [-0.15, -0.1) is 11.8 Å². The van der Waals surface area contributed by atoms with Gasteiger partial charge in [0.2, 0.25) is 94.5 Å². The predicted molar refractivity (Wildman–Crippen MR) is 484 cm³/mol. The van der Waals surface area contributed by atoms with Crippen LogP contribution in [0.3, 0.4) is 0 Å². The summed E-state index contributed by atoms with van der Waals surface area (Å²) in [6, 6.07) is 9.23. The molecule has 6 aromatic rings. The van der Waals surface area contributed by atoms with Crippen LogP contribution in [0.4, 0.5) is 8.78 Å². The Hall–Kier alpha value is -13.5. The van der Waals surface area contributed by atoms with Crippen LogP contribution in [-0.2, 0) is 114 Å². The molecule has 39 nitrogen and oxygen atoms in total. The maximum absolute atomic E-state index is 15.7. The second-order valence-corrected chi connectivity index (χ2v) is 35.1. The molecule has 1 aromatic heterocycles. The van der Waals surface area contributed by atoms with Gasteiger partial charge in [-0.3, -0.25) is 81.5 Å². The maximum atomic E-state index is 15.7. The molecule has 5 aromatic carbocycles. The number of hydrogen-bond donors (Lipinski definition) is 17. The van der Waals surface area contributed by atoms with Gasteiger partial charge in [-0.05, 0) is 96.3 Å². The lowest BCUT2D eigenvalue weighted by molar-refractivity contribution is -0.152. The molecule has 134 heavy (non-hydrogen) atoms. The van der Waals surface area contributed by atoms with E-state index < -0.39 is 285 Å². The topological polar surface area (TPSA) is 589 Å². The highest BCUT2D eigenvalue weighted by Gasteiger charge is 2.48. The Kier molecular flexibility index (Phi) is 38.4. The third-order valence-corrected chi connectivity index (χ3v) is 24.7. The van der Waals surface area contributed by atoms with Gasteiger partial charge < -0.3 is 115 Å². The summed E-state index contributed by atoms with van der Waals surface area (Å²) >= 11 is 0.685. The van der Waals surface area contributed by atoms with Gasteiger partial charge in [-0.2, -0.15) is 0 Å². The number of phenols is 1. The van der Waals surface area contributed by atoms with E-state index in [1.807, 2.05) is 0 Å². The Morgan fingerprint density at radius 1 is 0.507 bits per heavy atom. The van der Waals surface area contributed by atoms with Gasteiger partial charge >= 0.3 is 5.97 Å². The highest BCUT2D eigenvalue weighted by Crippen LogP contribution is 2.29. The number of halogens is 2. The molecule has 3 aliphatic heterocycles. The number of nitrogens with one attached hydrogen (secondary N) is 10. The lowest BCUT2D eigenvalue weighted by Crippen LogP contribution is -2.62. The molecule has 0 aliphatic carbocycles. The number of fused-ring (bicyclic) bond motifs is 3. The lowest BCUT2D eigenvalue weighted by Gasteiger charge is -2.38. The van der Waals surface area contributed by atoms with Crippen molar-refractivity contribution < 1.29 is 111 Å². The number of likely N-dealkylation sites (N-methyl/N-ethyl adjacent to an activating group) is 3. The van der Waals surface area contributed by atoms with Crippen molar-refractivity contribution in [2.75, 3.05) is 58.8 Å². The second kappa shape index (κ2) is 49.3. The number of unbranched alkanes of at least 4 members (excludes halogenated alkanes) is 1. The average Bonchev–Trinajstić information content (AvgIpc) is 1.45. The standard InChI is InChI=1S/C92H118F2N18O21S/c1-7-8-25-70-91(132)112-47-58(115)42-73(112)87(128)105-67(43-78(119)120)84(125)107-79(50(2)3)92(133)109(5)71(38-51-18-11-9-12-19-51)85(126)102-64(32-33-75(96)116)89(130)111-46-57(114)41-72(111)86(127)104-66(40-55-44-98-62-23-16-15-22-59(55)62)83(124)103-65(36-53-26-29-56(113)30-27-53)82(123)101-63(24-17-34-95)81(122)106-69(80(121)99-45-76(97)117)48-134-49-77(118)100-68(37-54-28-31-60(93)61(94)35-54)88(129)110(6)74(90(131)108(70)4)39-52-20-13-10-14-21-52/h9-16,18-23,26-31,35,44,50,57-58,63-74,79,98,113-115H,7-8,17,24-25,32-34,36-43,45-49,95H2,1-6H3,(H2,96,116)(H2,97,117)(H,99,121)(H,100,118)(H,101,123)(H,102,126)(H,103,124)(H,104,127)(H,105,128)(H,106,122)(H,107,125)(H,119,120)/t57-,58-,63+,64+,65+,66+,67+,68+,69+,70+,71-,72-,73-,74+,79+/m1/s1. The number of carboxylic acids is 1. The Labute approximate surface area is 776 Å². The maximum Gasteiger partial charge on any atom is 0.305 e. The van der Waals surface area contributed by atoms with E-state index in [4.69, 9.17) is 17.2 Å². The van der Waals surface area contributed by atoms with E-state index in [2.05, 4.69) is 52.8 Å². The summed E-state index contributed by atoms with van der Waals surface area (Å²) in [5, 5.41) is 67.4. The summed E-state index contributed by atoms with van der Waals surface area (Å²) in [4.78, 5) is 258. The first-order chi connectivity index (χ1) is 63.7. The molecular formula is C92H118F2N18O21S. The number of para-hydroxylation sites is 1. The predicted octanol–water partition coefficient (Wildman–Crippen LogP) is -1.38. The minimum Gasteiger partial charge on any atom is -0.508 e. The van der Waals surface area contributed by atoms with Gasteiger partial charge in [-0.25, -0.2) is 8.78 Å². The number of primary amides is 2. The molecule has 3 saturated heterocycles. The number of carbonyl (C=O) groups excluding carboxylic acids is 16. The lowest BCUT2D eigenvalue weighted by atomic mass is 9.98. The number of rotatable bonds is 25. The fourth-order valence-electron chi connectivity index (χ4n) is 16.3. The van der Waals surface area contributed by atoms with Gasteiger partial charge in [0.1, 0.15) is 84.3 Å². The van der Waals surface area contributed by atoms with E-state index in [1.54, 1.807) is 98.0 Å². The molecule has 3 aliphatic rings. The van der Waals surface area contributed by atoms with Crippen LogP contribution in [0.2, 0.25) is 0 Å². The zero-order chi connectivity index (χ0) is 97.9. The van der Waals surface area contributed by atoms with Crippen molar-refractivity contribution in [3.63, 3.8) is 0 Å². The van der Waals surface area contributed by atoms with E-state index >= 15 is 47.5 Å². The SMILES string of the molecule is CCCC[C@H]1C(=O)N2C[C@H](O)C[C@@H]2C(=O)N[C@@H](CC(=O)O)C(=O)N[C@@H](C(C)C)C(=O)N(C)[C@H](Cc2ccccc2)C(=O)N[C@@H](CCC(N)=O)C(=O)N2C[C@H](O)C[C@@H]2C(=O)N[C@@H](Cc2c[nH]c3ccccc23)C(=O)N[C@@H](Cc2ccc(O)cc2)C(=O)N[C@@H](CCCN)C(=O)N[C@H](C(=O)NCC(N)=O)CSCC(=O)N[C@@H](Cc2ccc(F)c(F)c2)C(=O)N(C)[C@@H](Cc2ccccc2)C(=O)N1C. The molecule has 722 valence electrons. The van der Waals surface area contributed by atoms with Crippen molar-refractivity contribution in [3.8, 4) is 5.75 Å². The highest BCUT2D eigenvalue weighted by atomic mass is 32.2. The van der Waals surface area contributed by atoms with Crippen molar-refractivity contribution in [1.82, 2.24) is 77.3 Å². The number of carbonyl (C=O) groups is 17. The summed E-state index contributed by atoms with van der Waals surface area (Å²) in [5.74, 6) is -23.2. The highest BCUT2D eigenvalue weighted by molar-refractivity contribution is 8.00. The van der Waals surface area contributed by atoms with E-state index in [0.29, 0.717) is 51.3 Å². The van der Waals surface area contributed by atoms with Crippen LogP contribution < -0.4 is 65.1 Å². The Morgan fingerprint density at radius 2 is 1.03 bits per heavy atom. The number of H-pyrrole nitrogens is 1. The molecule has 9 rings (SSSR count). The Bertz CT molecular complexity index is 5220. The van der Waals surface area contributed by atoms with E-state index in [-0.39, 0.29) is 62.8 Å². The third-order valence-electron chi connectivity index (χ3n) is 23.7. The summed E-state index contributed by atoms with van der Waals surface area (Å²) in [5.41, 5.74) is 19.3. The summed E-state index contributed by atoms with van der Waals surface area (Å²) in [7, 11) is 3.67. The van der Waals surface area contributed by atoms with Gasteiger partial charge in [-0.1, -0.05) is 131 Å². The molecule has 16 amide bonds. The fourth-order valence-corrected chi connectivity index (χ4v) is 17.2. The fraction of sp³-hybridized carbons (Fsp3) is 0.467. The van der Waals surface area contributed by atoms with Crippen molar-refractivity contribution >= 4 is 123 Å². The molecular weight excluding hydrogens is 1760 g/mol. The van der Waals surface area contributed by atoms with Gasteiger partial charge in [0, 0.05) is 108 Å². The van der Waals surface area contributed by atoms with Crippen LogP contribution >= 0.6 is 11.8 Å². The Morgan fingerprint density at radius 3 is 1.62 bits per heavy atom. The van der Waals surface area contributed by atoms with Crippen LogP contribution in [0, 0.1) is 17.6 Å². The number of benzene rings is 5. The van der Waals surface area contributed by atoms with Crippen LogP contribution in [0.25, 0.3) is 10.9 Å². The van der Waals surface area contributed by atoms with Crippen molar-refractivity contribution in [2.24, 2.45) is 23.1 Å². The monoisotopic (exact) mass is 1880 g/mol. The van der Waals surface area contributed by atoms with Crippen LogP contribution in [0.1, 0.15) is 113 Å². The number of thioether (sulfide) groups is 1. The normalized spacial score (nSPS) is 24.6. The quantitative estimate of drug-likeness (QED) is 0.0314. The van der Waals surface area contributed by atoms with E-state index in [1.165, 1.54) is 59.3 Å². The number of amides is 16. The van der Waals surface area contributed by atoms with Crippen molar-refractivity contribution in [2.45, 2.75) is 208 Å². The number of aliphatic hydroxyl groups excluding tert-OH is 2. The summed E-state index contributed by atoms with van der Waals surface area (Å²) in [6.07, 6.45) is -6.25.